The molecule has 1 heterocycles. The van der Waals surface area contributed by atoms with Crippen LogP contribution in [0.5, 0.6) is 0 Å². The molecule has 2 aromatic rings. The third-order valence-corrected chi connectivity index (χ3v) is 3.50. The predicted molar refractivity (Wildman–Crippen MR) is 74.2 cm³/mol. The summed E-state index contributed by atoms with van der Waals surface area (Å²) in [7, 11) is 4.02. The van der Waals surface area contributed by atoms with E-state index in [1.54, 1.807) is 6.07 Å². The first-order valence-corrected chi connectivity index (χ1v) is 6.46. The van der Waals surface area contributed by atoms with Crippen molar-refractivity contribution in [1.29, 1.82) is 0 Å². The average molecular weight is 310 g/mol. The Hall–Kier alpha value is -1.42. The van der Waals surface area contributed by atoms with Crippen molar-refractivity contribution in [3.05, 3.63) is 58.6 Å². The summed E-state index contributed by atoms with van der Waals surface area (Å²) in [5, 5.41) is 0. The molecular weight excluding hydrogens is 295 g/mol. The molecule has 2 rings (SSSR count). The Morgan fingerprint density at radius 2 is 1.83 bits per heavy atom. The van der Waals surface area contributed by atoms with E-state index in [2.05, 4.69) is 37.5 Å². The lowest BCUT2D eigenvalue weighted by Crippen LogP contribution is -2.33. The number of anilines is 1. The van der Waals surface area contributed by atoms with E-state index in [4.69, 9.17) is 0 Å². The fraction of sp³-hybridized carbons (Fsp3) is 0.214. The minimum Gasteiger partial charge on any atom is -0.377 e. The highest BCUT2D eigenvalue weighted by Crippen LogP contribution is 2.17. The first-order valence-electron chi connectivity index (χ1n) is 5.66. The monoisotopic (exact) mass is 309 g/mol. The quantitative estimate of drug-likeness (QED) is 0.791. The highest BCUT2D eigenvalue weighted by molar-refractivity contribution is 9.10. The van der Waals surface area contributed by atoms with Crippen molar-refractivity contribution in [3.8, 4) is 0 Å². The van der Waals surface area contributed by atoms with Gasteiger partial charge in [0.25, 0.3) is 0 Å². The van der Waals surface area contributed by atoms with Crippen LogP contribution in [0.1, 0.15) is 5.56 Å². The van der Waals surface area contributed by atoms with E-state index in [0.717, 1.165) is 15.7 Å². The van der Waals surface area contributed by atoms with Gasteiger partial charge in [0.2, 0.25) is 0 Å². The van der Waals surface area contributed by atoms with Crippen LogP contribution < -0.4 is 9.47 Å². The molecule has 0 aliphatic carbocycles. The molecule has 0 saturated carbocycles. The summed E-state index contributed by atoms with van der Waals surface area (Å²) in [4.78, 5) is 2.05. The lowest BCUT2D eigenvalue weighted by molar-refractivity contribution is -0.688. The molecule has 18 heavy (non-hydrogen) atoms. The number of aromatic nitrogens is 1. The molecule has 0 atom stereocenters. The zero-order chi connectivity index (χ0) is 13.1. The number of hydrogen-bond acceptors (Lipinski definition) is 1. The van der Waals surface area contributed by atoms with Crippen molar-refractivity contribution in [1.82, 2.24) is 0 Å². The van der Waals surface area contributed by atoms with Gasteiger partial charge in [-0.15, -0.1) is 0 Å². The van der Waals surface area contributed by atoms with Crippen molar-refractivity contribution in [2.45, 2.75) is 6.54 Å². The fourth-order valence-electron chi connectivity index (χ4n) is 1.70. The lowest BCUT2D eigenvalue weighted by Gasteiger charge is -2.10. The number of pyridine rings is 1. The third-order valence-electron chi connectivity index (χ3n) is 2.76. The van der Waals surface area contributed by atoms with Crippen molar-refractivity contribution in [3.63, 3.8) is 0 Å². The standard InChI is InChI=1S/C14H15BrFN2/c1-17(2)13-5-7-18(8-6-13)10-11-3-4-12(16)9-14(11)15/h3-9H,10H2,1-2H3/q+1. The SMILES string of the molecule is CN(C)c1cc[n+](Cc2ccc(F)cc2Br)cc1. The van der Waals surface area contributed by atoms with Gasteiger partial charge in [-0.2, -0.15) is 0 Å². The van der Waals surface area contributed by atoms with Gasteiger partial charge in [0.15, 0.2) is 18.9 Å². The maximum absolute atomic E-state index is 13.0. The van der Waals surface area contributed by atoms with Crippen LogP contribution in [0.3, 0.4) is 0 Å². The van der Waals surface area contributed by atoms with E-state index in [0.29, 0.717) is 6.54 Å². The van der Waals surface area contributed by atoms with E-state index in [9.17, 15) is 4.39 Å². The zero-order valence-corrected chi connectivity index (χ0v) is 12.0. The molecule has 2 nitrogen and oxygen atoms in total. The highest BCUT2D eigenvalue weighted by Gasteiger charge is 2.08. The average Bonchev–Trinajstić information content (AvgIpc) is 2.33. The largest absolute Gasteiger partial charge is 0.377 e. The molecule has 0 fully saturated rings. The second-order valence-electron chi connectivity index (χ2n) is 4.36. The summed E-state index contributed by atoms with van der Waals surface area (Å²) in [6.07, 6.45) is 4.04. The van der Waals surface area contributed by atoms with Crippen LogP contribution in [0.2, 0.25) is 0 Å². The van der Waals surface area contributed by atoms with Crippen LogP contribution >= 0.6 is 15.9 Å². The van der Waals surface area contributed by atoms with Crippen molar-refractivity contribution in [2.24, 2.45) is 0 Å². The Morgan fingerprint density at radius 3 is 2.39 bits per heavy atom. The van der Waals surface area contributed by atoms with E-state index in [-0.39, 0.29) is 5.82 Å². The molecular formula is C14H15BrFN2+. The van der Waals surface area contributed by atoms with Crippen LogP contribution in [-0.2, 0) is 6.54 Å². The van der Waals surface area contributed by atoms with Crippen molar-refractivity contribution in [2.75, 3.05) is 19.0 Å². The fourth-order valence-corrected chi connectivity index (χ4v) is 2.18. The molecule has 0 unspecified atom stereocenters. The molecule has 1 aromatic heterocycles. The minimum atomic E-state index is -0.224. The maximum Gasteiger partial charge on any atom is 0.174 e. The molecule has 4 heteroatoms. The molecule has 0 spiro atoms. The number of halogens is 2. The van der Waals surface area contributed by atoms with Crippen LogP contribution in [0.4, 0.5) is 10.1 Å². The molecule has 1 aromatic carbocycles. The molecule has 0 saturated heterocycles. The van der Waals surface area contributed by atoms with E-state index >= 15 is 0 Å². The van der Waals surface area contributed by atoms with Gasteiger partial charge in [0.1, 0.15) is 5.82 Å². The van der Waals surface area contributed by atoms with Gasteiger partial charge in [-0.05, 0) is 18.2 Å². The number of benzene rings is 1. The van der Waals surface area contributed by atoms with Gasteiger partial charge >= 0.3 is 0 Å². The van der Waals surface area contributed by atoms with E-state index < -0.39 is 0 Å². The topological polar surface area (TPSA) is 7.12 Å². The van der Waals surface area contributed by atoms with Crippen LogP contribution in [0.25, 0.3) is 0 Å². The first kappa shape index (κ1) is 13.0. The Morgan fingerprint density at radius 1 is 1.17 bits per heavy atom. The molecule has 0 aliphatic rings. The molecule has 0 amide bonds. The van der Waals surface area contributed by atoms with Gasteiger partial charge in [-0.3, -0.25) is 0 Å². The maximum atomic E-state index is 13.0. The number of nitrogens with zero attached hydrogens (tertiary/aromatic N) is 2. The second kappa shape index (κ2) is 5.48. The Balaban J connectivity index is 2.18. The van der Waals surface area contributed by atoms with Crippen molar-refractivity contribution >= 4 is 21.6 Å². The van der Waals surface area contributed by atoms with E-state index in [1.165, 1.54) is 12.1 Å². The Kier molecular flexibility index (Phi) is 3.97. The van der Waals surface area contributed by atoms with Gasteiger partial charge in [0, 0.05) is 42.0 Å². The van der Waals surface area contributed by atoms with Crippen molar-refractivity contribution < 1.29 is 8.96 Å². The summed E-state index contributed by atoms with van der Waals surface area (Å²) >= 11 is 3.38. The van der Waals surface area contributed by atoms with Crippen LogP contribution in [-0.4, -0.2) is 14.1 Å². The smallest absolute Gasteiger partial charge is 0.174 e. The first-order chi connectivity index (χ1) is 8.56. The summed E-state index contributed by atoms with van der Waals surface area (Å²) in [5.41, 5.74) is 2.21. The van der Waals surface area contributed by atoms with Crippen LogP contribution in [0.15, 0.2) is 47.2 Å². The molecule has 94 valence electrons. The zero-order valence-electron chi connectivity index (χ0n) is 10.4. The van der Waals surface area contributed by atoms with Crippen LogP contribution in [0, 0.1) is 5.82 Å². The number of hydrogen-bond donors (Lipinski definition) is 0. The third kappa shape index (κ3) is 3.07. The van der Waals surface area contributed by atoms with Gasteiger partial charge in [-0.25, -0.2) is 8.96 Å². The Labute approximate surface area is 115 Å². The summed E-state index contributed by atoms with van der Waals surface area (Å²) in [5.74, 6) is -0.224. The summed E-state index contributed by atoms with van der Waals surface area (Å²) in [6, 6.07) is 8.88. The normalized spacial score (nSPS) is 10.4. The van der Waals surface area contributed by atoms with Gasteiger partial charge < -0.3 is 4.90 Å². The highest BCUT2D eigenvalue weighted by atomic mass is 79.9. The lowest BCUT2D eigenvalue weighted by atomic mass is 10.2. The number of rotatable bonds is 3. The van der Waals surface area contributed by atoms with Gasteiger partial charge in [-0.1, -0.05) is 15.9 Å². The molecule has 0 radical (unpaired) electrons. The molecule has 0 aliphatic heterocycles. The second-order valence-corrected chi connectivity index (χ2v) is 5.21. The van der Waals surface area contributed by atoms with Gasteiger partial charge in [0.05, 0.1) is 0 Å². The Bertz CT molecular complexity index is 538. The summed E-state index contributed by atoms with van der Waals surface area (Å²) < 4.78 is 15.8. The predicted octanol–water partition coefficient (Wildman–Crippen LogP) is 2.99. The molecule has 0 N–H and O–H groups in total. The summed E-state index contributed by atoms with van der Waals surface area (Å²) in [6.45, 7) is 0.717. The van der Waals surface area contributed by atoms with E-state index in [1.807, 2.05) is 26.5 Å². The minimum absolute atomic E-state index is 0.224. The molecule has 0 bridgehead atoms.